The predicted octanol–water partition coefficient (Wildman–Crippen LogP) is 2.73. The molecular formula is C15H23NO. The van der Waals surface area contributed by atoms with Gasteiger partial charge in [-0.3, -0.25) is 0 Å². The van der Waals surface area contributed by atoms with Crippen LogP contribution in [-0.2, 0) is 10.2 Å². The van der Waals surface area contributed by atoms with Crippen molar-refractivity contribution in [3.8, 4) is 0 Å². The fraction of sp³-hybridized carbons (Fsp3) is 0.600. The van der Waals surface area contributed by atoms with E-state index in [1.54, 1.807) is 0 Å². The molecule has 1 aromatic rings. The first-order valence-electron chi connectivity index (χ1n) is 6.60. The van der Waals surface area contributed by atoms with Crippen molar-refractivity contribution in [1.82, 2.24) is 5.32 Å². The number of nitrogens with one attached hydrogen (secondary N) is 1. The molecule has 17 heavy (non-hydrogen) atoms. The van der Waals surface area contributed by atoms with Gasteiger partial charge in [-0.2, -0.15) is 0 Å². The number of hydrogen-bond donors (Lipinski definition) is 1. The van der Waals surface area contributed by atoms with Crippen molar-refractivity contribution >= 4 is 0 Å². The van der Waals surface area contributed by atoms with Gasteiger partial charge in [-0.25, -0.2) is 0 Å². The van der Waals surface area contributed by atoms with Crippen LogP contribution >= 0.6 is 0 Å². The third kappa shape index (κ3) is 3.08. The molecule has 1 N–H and O–H groups in total. The van der Waals surface area contributed by atoms with Crippen LogP contribution in [0.15, 0.2) is 30.3 Å². The van der Waals surface area contributed by atoms with Gasteiger partial charge in [0.25, 0.3) is 0 Å². The lowest BCUT2D eigenvalue weighted by atomic mass is 9.74. The Kier molecular flexibility index (Phi) is 4.19. The van der Waals surface area contributed by atoms with Crippen LogP contribution in [0, 0.1) is 0 Å². The fourth-order valence-electron chi connectivity index (χ4n) is 2.52. The van der Waals surface area contributed by atoms with E-state index in [0.717, 1.165) is 32.6 Å². The second-order valence-corrected chi connectivity index (χ2v) is 5.29. The second kappa shape index (κ2) is 5.65. The molecule has 0 aliphatic carbocycles. The molecule has 1 saturated heterocycles. The quantitative estimate of drug-likeness (QED) is 0.863. The lowest BCUT2D eigenvalue weighted by molar-refractivity contribution is 0.0492. The molecule has 1 aliphatic rings. The summed E-state index contributed by atoms with van der Waals surface area (Å²) < 4.78 is 5.53. The Morgan fingerprint density at radius 2 is 1.82 bits per heavy atom. The predicted molar refractivity (Wildman–Crippen MR) is 71.3 cm³/mol. The van der Waals surface area contributed by atoms with E-state index >= 15 is 0 Å². The van der Waals surface area contributed by atoms with E-state index in [1.807, 2.05) is 0 Å². The molecule has 1 fully saturated rings. The van der Waals surface area contributed by atoms with Gasteiger partial charge in [0.1, 0.15) is 0 Å². The highest BCUT2D eigenvalue weighted by Gasteiger charge is 2.34. The van der Waals surface area contributed by atoms with Crippen LogP contribution in [-0.4, -0.2) is 25.8 Å². The molecule has 1 aromatic carbocycles. The summed E-state index contributed by atoms with van der Waals surface area (Å²) in [5.74, 6) is 0. The lowest BCUT2D eigenvalue weighted by Crippen LogP contribution is -2.44. The summed E-state index contributed by atoms with van der Waals surface area (Å²) in [7, 11) is 0. The minimum Gasteiger partial charge on any atom is -0.381 e. The highest BCUT2D eigenvalue weighted by atomic mass is 16.5. The van der Waals surface area contributed by atoms with Crippen molar-refractivity contribution in [2.75, 3.05) is 19.8 Å². The highest BCUT2D eigenvalue weighted by Crippen LogP contribution is 2.34. The normalized spacial score (nSPS) is 19.5. The zero-order valence-corrected chi connectivity index (χ0v) is 10.9. The highest BCUT2D eigenvalue weighted by molar-refractivity contribution is 5.26. The maximum Gasteiger partial charge on any atom is 0.0475 e. The molecule has 0 spiro atoms. The van der Waals surface area contributed by atoms with Gasteiger partial charge < -0.3 is 10.1 Å². The minimum atomic E-state index is 0.268. The molecule has 1 heterocycles. The molecule has 0 atom stereocenters. The molecular weight excluding hydrogens is 210 g/mol. The van der Waals surface area contributed by atoms with Crippen molar-refractivity contribution in [2.45, 2.75) is 38.1 Å². The minimum absolute atomic E-state index is 0.268. The largest absolute Gasteiger partial charge is 0.381 e. The first kappa shape index (κ1) is 12.6. The molecule has 2 nitrogen and oxygen atoms in total. The van der Waals surface area contributed by atoms with Crippen molar-refractivity contribution in [1.29, 1.82) is 0 Å². The van der Waals surface area contributed by atoms with Crippen LogP contribution in [0.25, 0.3) is 0 Å². The van der Waals surface area contributed by atoms with Crippen LogP contribution in [0.1, 0.15) is 32.3 Å². The zero-order valence-electron chi connectivity index (χ0n) is 10.9. The summed E-state index contributed by atoms with van der Waals surface area (Å²) >= 11 is 0. The van der Waals surface area contributed by atoms with E-state index in [1.165, 1.54) is 5.56 Å². The van der Waals surface area contributed by atoms with Crippen molar-refractivity contribution in [2.24, 2.45) is 0 Å². The smallest absolute Gasteiger partial charge is 0.0475 e. The van der Waals surface area contributed by atoms with Gasteiger partial charge >= 0.3 is 0 Å². The van der Waals surface area contributed by atoms with Crippen molar-refractivity contribution < 1.29 is 4.74 Å². The van der Waals surface area contributed by atoms with E-state index in [0.29, 0.717) is 6.04 Å². The van der Waals surface area contributed by atoms with Crippen molar-refractivity contribution in [3.63, 3.8) is 0 Å². The summed E-state index contributed by atoms with van der Waals surface area (Å²) in [6.07, 6.45) is 2.24. The summed E-state index contributed by atoms with van der Waals surface area (Å²) in [5.41, 5.74) is 1.72. The molecule has 0 aromatic heterocycles. The number of benzene rings is 1. The summed E-state index contributed by atoms with van der Waals surface area (Å²) in [5, 5.41) is 3.60. The van der Waals surface area contributed by atoms with Crippen molar-refractivity contribution in [3.05, 3.63) is 35.9 Å². The van der Waals surface area contributed by atoms with Gasteiger partial charge in [-0.1, -0.05) is 44.2 Å². The van der Waals surface area contributed by atoms with Crippen LogP contribution in [0.4, 0.5) is 0 Å². The van der Waals surface area contributed by atoms with E-state index in [9.17, 15) is 0 Å². The van der Waals surface area contributed by atoms with Crippen LogP contribution in [0.3, 0.4) is 0 Å². The molecule has 0 bridgehead atoms. The number of ether oxygens (including phenoxy) is 1. The topological polar surface area (TPSA) is 21.3 Å². The molecule has 0 radical (unpaired) electrons. The molecule has 1 aliphatic heterocycles. The summed E-state index contributed by atoms with van der Waals surface area (Å²) in [6.45, 7) is 7.23. The molecule has 0 saturated carbocycles. The third-order valence-electron chi connectivity index (χ3n) is 3.68. The molecule has 94 valence electrons. The van der Waals surface area contributed by atoms with Gasteiger partial charge in [-0.15, -0.1) is 0 Å². The average molecular weight is 233 g/mol. The maximum absolute atomic E-state index is 5.53. The van der Waals surface area contributed by atoms with E-state index < -0.39 is 0 Å². The molecule has 0 unspecified atom stereocenters. The Bertz CT molecular complexity index is 328. The fourth-order valence-corrected chi connectivity index (χ4v) is 2.52. The van der Waals surface area contributed by atoms with Gasteiger partial charge in [0.2, 0.25) is 0 Å². The van der Waals surface area contributed by atoms with Gasteiger partial charge in [0.15, 0.2) is 0 Å². The molecule has 2 rings (SSSR count). The van der Waals surface area contributed by atoms with Crippen LogP contribution in [0.2, 0.25) is 0 Å². The Labute approximate surface area is 104 Å². The number of rotatable bonds is 4. The standard InChI is InChI=1S/C15H23NO/c1-13(2)16-12-15(8-10-17-11-9-15)14-6-4-3-5-7-14/h3-7,13,16H,8-12H2,1-2H3. The van der Waals surface area contributed by atoms with E-state index in [4.69, 9.17) is 4.74 Å². The molecule has 0 amide bonds. The van der Waals surface area contributed by atoms with Gasteiger partial charge in [0, 0.05) is 31.2 Å². The Balaban J connectivity index is 2.17. The monoisotopic (exact) mass is 233 g/mol. The number of hydrogen-bond acceptors (Lipinski definition) is 2. The SMILES string of the molecule is CC(C)NCC1(c2ccccc2)CCOCC1. The third-order valence-corrected chi connectivity index (χ3v) is 3.68. The Hall–Kier alpha value is -0.860. The van der Waals surface area contributed by atoms with Gasteiger partial charge in [-0.05, 0) is 18.4 Å². The first-order valence-corrected chi connectivity index (χ1v) is 6.60. The van der Waals surface area contributed by atoms with Gasteiger partial charge in [0.05, 0.1) is 0 Å². The lowest BCUT2D eigenvalue weighted by Gasteiger charge is -2.38. The van der Waals surface area contributed by atoms with Crippen LogP contribution in [0.5, 0.6) is 0 Å². The van der Waals surface area contributed by atoms with Crippen LogP contribution < -0.4 is 5.32 Å². The molecule has 2 heteroatoms. The summed E-state index contributed by atoms with van der Waals surface area (Å²) in [6, 6.07) is 11.4. The van der Waals surface area contributed by atoms with E-state index in [-0.39, 0.29) is 5.41 Å². The van der Waals surface area contributed by atoms with E-state index in [2.05, 4.69) is 49.5 Å². The average Bonchev–Trinajstić information content (AvgIpc) is 2.39. The Morgan fingerprint density at radius 3 is 2.41 bits per heavy atom. The Morgan fingerprint density at radius 1 is 1.18 bits per heavy atom. The maximum atomic E-state index is 5.53. The first-order chi connectivity index (χ1) is 8.23. The second-order valence-electron chi connectivity index (χ2n) is 5.29. The zero-order chi connectivity index (χ0) is 12.1. The summed E-state index contributed by atoms with van der Waals surface area (Å²) in [4.78, 5) is 0.